The molecule has 1 aromatic heterocycles. The third kappa shape index (κ3) is 3.51. The van der Waals surface area contributed by atoms with E-state index in [9.17, 15) is 0 Å². The van der Waals surface area contributed by atoms with E-state index in [0.29, 0.717) is 11.2 Å². The maximum absolute atomic E-state index is 5.95. The van der Waals surface area contributed by atoms with E-state index in [4.69, 9.17) is 5.73 Å². The smallest absolute Gasteiger partial charge is 0.191 e. The zero-order valence-electron chi connectivity index (χ0n) is 12.3. The molecule has 1 aliphatic rings. The highest BCUT2D eigenvalue weighted by Crippen LogP contribution is 2.40. The SMILES string of the molecule is CCCC1CCC(CN)C(Sc2nnc(C)n2C)C1. The Hall–Kier alpha value is -0.550. The molecule has 108 valence electrons. The topological polar surface area (TPSA) is 56.7 Å². The van der Waals surface area contributed by atoms with Crippen LogP contribution < -0.4 is 5.73 Å². The second kappa shape index (κ2) is 6.75. The molecule has 19 heavy (non-hydrogen) atoms. The third-order valence-electron chi connectivity index (χ3n) is 4.35. The lowest BCUT2D eigenvalue weighted by molar-refractivity contribution is 0.275. The van der Waals surface area contributed by atoms with Crippen LogP contribution >= 0.6 is 11.8 Å². The summed E-state index contributed by atoms with van der Waals surface area (Å²) in [7, 11) is 2.04. The summed E-state index contributed by atoms with van der Waals surface area (Å²) in [6.45, 7) is 5.08. The molecule has 0 bridgehead atoms. The van der Waals surface area contributed by atoms with Gasteiger partial charge in [-0.15, -0.1) is 10.2 Å². The average molecular weight is 282 g/mol. The standard InChI is InChI=1S/C14H26N4S/c1-4-5-11-6-7-12(9-15)13(8-11)19-14-17-16-10(2)18(14)3/h11-13H,4-9,15H2,1-3H3. The van der Waals surface area contributed by atoms with Gasteiger partial charge in [0.25, 0.3) is 0 Å². The van der Waals surface area contributed by atoms with Gasteiger partial charge in [0, 0.05) is 12.3 Å². The van der Waals surface area contributed by atoms with Crippen LogP contribution in [0.1, 0.15) is 44.9 Å². The van der Waals surface area contributed by atoms with Crippen molar-refractivity contribution in [2.75, 3.05) is 6.54 Å². The van der Waals surface area contributed by atoms with Gasteiger partial charge in [-0.1, -0.05) is 37.9 Å². The van der Waals surface area contributed by atoms with Gasteiger partial charge < -0.3 is 10.3 Å². The second-order valence-corrected chi connectivity index (χ2v) is 6.91. The molecule has 5 heteroatoms. The first-order valence-electron chi connectivity index (χ1n) is 7.38. The van der Waals surface area contributed by atoms with Crippen LogP contribution in [0.5, 0.6) is 0 Å². The lowest BCUT2D eigenvalue weighted by Gasteiger charge is -2.34. The third-order valence-corrected chi connectivity index (χ3v) is 5.79. The number of nitrogens with zero attached hydrogens (tertiary/aromatic N) is 3. The minimum Gasteiger partial charge on any atom is -0.330 e. The van der Waals surface area contributed by atoms with E-state index in [0.717, 1.165) is 23.4 Å². The number of nitrogens with two attached hydrogens (primary N) is 1. The molecule has 1 heterocycles. The van der Waals surface area contributed by atoms with E-state index in [2.05, 4.69) is 21.7 Å². The highest BCUT2D eigenvalue weighted by atomic mass is 32.2. The summed E-state index contributed by atoms with van der Waals surface area (Å²) in [5, 5.41) is 10.1. The molecule has 0 amide bonds. The van der Waals surface area contributed by atoms with E-state index in [1.165, 1.54) is 32.1 Å². The predicted molar refractivity (Wildman–Crippen MR) is 80.2 cm³/mol. The summed E-state index contributed by atoms with van der Waals surface area (Å²) in [5.74, 6) is 2.49. The molecule has 3 atom stereocenters. The van der Waals surface area contributed by atoms with Crippen molar-refractivity contribution in [2.45, 2.75) is 56.4 Å². The Kier molecular flexibility index (Phi) is 5.28. The summed E-state index contributed by atoms with van der Waals surface area (Å²) in [6.07, 6.45) is 6.55. The second-order valence-electron chi connectivity index (χ2n) is 5.71. The molecule has 0 aliphatic heterocycles. The van der Waals surface area contributed by atoms with Crippen molar-refractivity contribution >= 4 is 11.8 Å². The van der Waals surface area contributed by atoms with E-state index < -0.39 is 0 Å². The first kappa shape index (κ1) is 14.9. The van der Waals surface area contributed by atoms with Crippen molar-refractivity contribution in [2.24, 2.45) is 24.6 Å². The molecular weight excluding hydrogens is 256 g/mol. The van der Waals surface area contributed by atoms with E-state index in [-0.39, 0.29) is 0 Å². The van der Waals surface area contributed by atoms with Crippen LogP contribution in [-0.2, 0) is 7.05 Å². The molecule has 0 spiro atoms. The molecule has 0 aromatic carbocycles. The fourth-order valence-electron chi connectivity index (χ4n) is 2.98. The fraction of sp³-hybridized carbons (Fsp3) is 0.857. The number of hydrogen-bond acceptors (Lipinski definition) is 4. The number of rotatable bonds is 5. The van der Waals surface area contributed by atoms with E-state index >= 15 is 0 Å². The van der Waals surface area contributed by atoms with Gasteiger partial charge in [0.2, 0.25) is 0 Å². The van der Waals surface area contributed by atoms with Gasteiger partial charge in [-0.3, -0.25) is 0 Å². The molecule has 1 aliphatic carbocycles. The largest absolute Gasteiger partial charge is 0.330 e. The minimum atomic E-state index is 0.609. The van der Waals surface area contributed by atoms with Gasteiger partial charge in [0.1, 0.15) is 5.82 Å². The maximum Gasteiger partial charge on any atom is 0.191 e. The minimum absolute atomic E-state index is 0.609. The Morgan fingerprint density at radius 3 is 2.74 bits per heavy atom. The monoisotopic (exact) mass is 282 g/mol. The zero-order chi connectivity index (χ0) is 13.8. The molecular formula is C14H26N4S. The van der Waals surface area contributed by atoms with Crippen molar-refractivity contribution in [1.29, 1.82) is 0 Å². The highest BCUT2D eigenvalue weighted by molar-refractivity contribution is 7.99. The highest BCUT2D eigenvalue weighted by Gasteiger charge is 2.31. The Bertz CT molecular complexity index is 404. The molecule has 3 unspecified atom stereocenters. The first-order chi connectivity index (χ1) is 9.15. The quantitative estimate of drug-likeness (QED) is 0.902. The Morgan fingerprint density at radius 2 is 2.16 bits per heavy atom. The summed E-state index contributed by atoms with van der Waals surface area (Å²) >= 11 is 1.88. The molecule has 1 fully saturated rings. The van der Waals surface area contributed by atoms with Crippen LogP contribution in [0.3, 0.4) is 0 Å². The van der Waals surface area contributed by atoms with Gasteiger partial charge >= 0.3 is 0 Å². The molecule has 0 radical (unpaired) electrons. The molecule has 4 nitrogen and oxygen atoms in total. The summed E-state index contributed by atoms with van der Waals surface area (Å²) in [6, 6.07) is 0. The molecule has 2 N–H and O–H groups in total. The summed E-state index contributed by atoms with van der Waals surface area (Å²) in [4.78, 5) is 0. The number of aromatic nitrogens is 3. The van der Waals surface area contributed by atoms with Crippen LogP contribution in [0.4, 0.5) is 0 Å². The zero-order valence-corrected chi connectivity index (χ0v) is 13.1. The molecule has 1 aromatic rings. The average Bonchev–Trinajstić information content (AvgIpc) is 2.72. The van der Waals surface area contributed by atoms with Gasteiger partial charge in [-0.2, -0.15) is 0 Å². The van der Waals surface area contributed by atoms with Crippen molar-refractivity contribution in [1.82, 2.24) is 14.8 Å². The van der Waals surface area contributed by atoms with Crippen molar-refractivity contribution < 1.29 is 0 Å². The normalized spacial score (nSPS) is 27.7. The Morgan fingerprint density at radius 1 is 1.37 bits per heavy atom. The van der Waals surface area contributed by atoms with Crippen molar-refractivity contribution in [3.63, 3.8) is 0 Å². The summed E-state index contributed by atoms with van der Waals surface area (Å²) in [5.41, 5.74) is 5.95. The van der Waals surface area contributed by atoms with Crippen LogP contribution in [-0.4, -0.2) is 26.6 Å². The summed E-state index contributed by atoms with van der Waals surface area (Å²) < 4.78 is 2.08. The number of hydrogen-bond donors (Lipinski definition) is 1. The van der Waals surface area contributed by atoms with E-state index in [1.807, 2.05) is 25.7 Å². The van der Waals surface area contributed by atoms with Crippen LogP contribution in [0.15, 0.2) is 5.16 Å². The number of aryl methyl sites for hydroxylation is 1. The molecule has 0 saturated heterocycles. The van der Waals surface area contributed by atoms with Crippen molar-refractivity contribution in [3.05, 3.63) is 5.82 Å². The fourth-order valence-corrected chi connectivity index (χ4v) is 4.44. The van der Waals surface area contributed by atoms with Gasteiger partial charge in [-0.25, -0.2) is 0 Å². The van der Waals surface area contributed by atoms with Gasteiger partial charge in [0.15, 0.2) is 5.16 Å². The van der Waals surface area contributed by atoms with Crippen LogP contribution in [0, 0.1) is 18.8 Å². The van der Waals surface area contributed by atoms with Crippen molar-refractivity contribution in [3.8, 4) is 0 Å². The molecule has 2 rings (SSSR count). The number of thioether (sulfide) groups is 1. The maximum atomic E-state index is 5.95. The van der Waals surface area contributed by atoms with Gasteiger partial charge in [-0.05, 0) is 38.1 Å². The lowest BCUT2D eigenvalue weighted by Crippen LogP contribution is -2.32. The Labute approximate surface area is 120 Å². The lowest BCUT2D eigenvalue weighted by atomic mass is 9.80. The van der Waals surface area contributed by atoms with Crippen LogP contribution in [0.25, 0.3) is 0 Å². The molecule has 1 saturated carbocycles. The van der Waals surface area contributed by atoms with E-state index in [1.54, 1.807) is 0 Å². The van der Waals surface area contributed by atoms with Crippen LogP contribution in [0.2, 0.25) is 0 Å². The Balaban J connectivity index is 2.04. The first-order valence-corrected chi connectivity index (χ1v) is 8.26. The predicted octanol–water partition coefficient (Wildman–Crippen LogP) is 2.76. The van der Waals surface area contributed by atoms with Gasteiger partial charge in [0.05, 0.1) is 0 Å².